The molecule has 6 heteroatoms. The number of para-hydroxylation sites is 4. The minimum atomic E-state index is -0.223. The molecular weight excluding hydrogens is 1050 g/mol. The topological polar surface area (TPSA) is 37.7 Å². The van der Waals surface area contributed by atoms with Gasteiger partial charge in [0.25, 0.3) is 6.71 Å². The van der Waals surface area contributed by atoms with Gasteiger partial charge in [-0.3, -0.25) is 0 Å². The Morgan fingerprint density at radius 1 is 0.465 bits per heavy atom. The Morgan fingerprint density at radius 3 is 1.73 bits per heavy atom. The van der Waals surface area contributed by atoms with E-state index >= 15 is 0 Å². The van der Waals surface area contributed by atoms with Crippen LogP contribution in [0.5, 0.6) is 0 Å². The van der Waals surface area contributed by atoms with Gasteiger partial charge in [-0.1, -0.05) is 191 Å². The predicted molar refractivity (Wildman–Crippen MR) is 367 cm³/mol. The van der Waals surface area contributed by atoms with Gasteiger partial charge in [0.15, 0.2) is 0 Å². The van der Waals surface area contributed by atoms with E-state index in [0.717, 1.165) is 88.4 Å². The van der Waals surface area contributed by atoms with E-state index in [4.69, 9.17) is 8.83 Å². The Hall–Kier alpha value is -9.52. The third kappa shape index (κ3) is 8.13. The number of benzene rings is 10. The van der Waals surface area contributed by atoms with Crippen molar-refractivity contribution in [3.8, 4) is 16.8 Å². The summed E-state index contributed by atoms with van der Waals surface area (Å²) >= 11 is 0. The molecule has 0 unspecified atom stereocenters. The highest BCUT2D eigenvalue weighted by atomic mass is 16.3. The minimum Gasteiger partial charge on any atom is -0.455 e. The van der Waals surface area contributed by atoms with E-state index in [9.17, 15) is 0 Å². The quantitative estimate of drug-likeness (QED) is 0.156. The van der Waals surface area contributed by atoms with Gasteiger partial charge in [-0.25, -0.2) is 0 Å². The molecule has 2 aliphatic rings. The third-order valence-electron chi connectivity index (χ3n) is 18.6. The highest BCUT2D eigenvalue weighted by molar-refractivity contribution is 7.00. The van der Waals surface area contributed by atoms with E-state index in [1.165, 1.54) is 83.2 Å². The second-order valence-corrected chi connectivity index (χ2v) is 27.2. The van der Waals surface area contributed by atoms with Crippen LogP contribution >= 0.6 is 0 Å². The first-order valence-corrected chi connectivity index (χ1v) is 30.3. The predicted octanol–water partition coefficient (Wildman–Crippen LogP) is 18.5. The zero-order valence-corrected chi connectivity index (χ0v) is 51.2. The number of fused-ring (bicyclic) bond motifs is 11. The number of hydrogen-bond donors (Lipinski definition) is 0. The average Bonchev–Trinajstić information content (AvgIpc) is 0.870. The second-order valence-electron chi connectivity index (χ2n) is 27.2. The van der Waals surface area contributed by atoms with Crippen molar-refractivity contribution in [3.63, 3.8) is 0 Å². The molecule has 0 spiro atoms. The lowest BCUT2D eigenvalue weighted by atomic mass is 9.33. The summed E-state index contributed by atoms with van der Waals surface area (Å²) in [5.74, 6) is 0. The van der Waals surface area contributed by atoms with Crippen molar-refractivity contribution in [3.05, 3.63) is 251 Å². The standard InChI is InChI=1S/C80H70BN3O2/c1-14-57(76-49(4)58-25-18-20-29-72(58)85-76)50-31-35-56(36-32-50)83-69-46-68-63(62-41-52(78(5,6)7)33-37-66(62)82(68)55-23-16-15-17-24-55)45-65(69)81-64-42-53(79(8,9)10)34-38-67(64)84(71-44-54(80(11,12)13)43-70(83)74(71)81)75-47(2)39-51(40-48(75)3)59-27-22-28-61-60-26-19-21-30-73(60)86-77(59)61/h14-46H,1,4H2,2-3,5-13H3/b76-57-. The minimum absolute atomic E-state index is 0.0575. The molecule has 0 saturated carbocycles. The van der Waals surface area contributed by atoms with Crippen LogP contribution in [0.4, 0.5) is 34.1 Å². The number of allylic oxidation sites excluding steroid dienone is 1. The van der Waals surface area contributed by atoms with Crippen LogP contribution in [0.1, 0.15) is 95.7 Å². The fourth-order valence-corrected chi connectivity index (χ4v) is 14.1. The molecule has 3 aromatic heterocycles. The van der Waals surface area contributed by atoms with E-state index in [0.29, 0.717) is 0 Å². The molecule has 0 fully saturated rings. The molecule has 15 rings (SSSR count). The molecule has 0 radical (unpaired) electrons. The van der Waals surface area contributed by atoms with Crippen LogP contribution in [0.2, 0.25) is 0 Å². The molecule has 0 N–H and O–H groups in total. The van der Waals surface area contributed by atoms with E-state index in [-0.39, 0.29) is 23.0 Å². The maximum absolute atomic E-state index is 6.69. The second kappa shape index (κ2) is 19.0. The van der Waals surface area contributed by atoms with Crippen LogP contribution in [-0.4, -0.2) is 11.3 Å². The highest BCUT2D eigenvalue weighted by Gasteiger charge is 2.46. The Labute approximate surface area is 504 Å². The van der Waals surface area contributed by atoms with Crippen molar-refractivity contribution in [1.82, 2.24) is 4.57 Å². The van der Waals surface area contributed by atoms with Crippen molar-refractivity contribution in [2.75, 3.05) is 9.80 Å². The fourth-order valence-electron chi connectivity index (χ4n) is 14.1. The molecule has 13 aromatic rings. The molecule has 86 heavy (non-hydrogen) atoms. The summed E-state index contributed by atoms with van der Waals surface area (Å²) in [6, 6.07) is 72.4. The number of furan rings is 2. The number of rotatable bonds is 6. The average molecular weight is 1120 g/mol. The van der Waals surface area contributed by atoms with Crippen LogP contribution in [-0.2, 0) is 16.2 Å². The number of aromatic nitrogens is 1. The van der Waals surface area contributed by atoms with Gasteiger partial charge < -0.3 is 23.2 Å². The third-order valence-corrected chi connectivity index (χ3v) is 18.6. The SMILES string of the molecule is C=C/C(c1ccc(N2c3cc4c(cc3B3c5cc(C(C)(C)C)ccc5N(c5c(C)cc(-c6cccc7c6oc6ccccc67)cc5C)c5cc(C(C)(C)C)cc2c53)c2cc(C(C)(C)C)ccc2n4-c2ccccc2)cc1)=c1/oc2ccccc2c1=C. The molecule has 420 valence electrons. The first kappa shape index (κ1) is 53.2. The lowest BCUT2D eigenvalue weighted by Crippen LogP contribution is -2.61. The molecule has 0 atom stereocenters. The van der Waals surface area contributed by atoms with Crippen molar-refractivity contribution < 1.29 is 8.83 Å². The first-order valence-electron chi connectivity index (χ1n) is 30.3. The van der Waals surface area contributed by atoms with Gasteiger partial charge in [0, 0.05) is 77.4 Å². The van der Waals surface area contributed by atoms with Crippen molar-refractivity contribution in [2.24, 2.45) is 0 Å². The van der Waals surface area contributed by atoms with Crippen LogP contribution in [0, 0.1) is 13.8 Å². The van der Waals surface area contributed by atoms with E-state index in [2.05, 4.69) is 280 Å². The van der Waals surface area contributed by atoms with Crippen molar-refractivity contribution >= 4 is 124 Å². The van der Waals surface area contributed by atoms with Crippen LogP contribution in [0.15, 0.2) is 216 Å². The summed E-state index contributed by atoms with van der Waals surface area (Å²) in [6.07, 6.45) is 1.91. The smallest absolute Gasteiger partial charge is 0.252 e. The van der Waals surface area contributed by atoms with Gasteiger partial charge in [0.1, 0.15) is 22.2 Å². The van der Waals surface area contributed by atoms with E-state index < -0.39 is 0 Å². The molecule has 5 nitrogen and oxygen atoms in total. The van der Waals surface area contributed by atoms with Gasteiger partial charge in [-0.2, -0.15) is 0 Å². The summed E-state index contributed by atoms with van der Waals surface area (Å²) in [7, 11) is 0. The summed E-state index contributed by atoms with van der Waals surface area (Å²) in [5.41, 5.74) is 27.6. The first-order chi connectivity index (χ1) is 41.2. The van der Waals surface area contributed by atoms with Gasteiger partial charge in [-0.15, -0.1) is 0 Å². The lowest BCUT2D eigenvalue weighted by Gasteiger charge is -2.46. The monoisotopic (exact) mass is 1120 g/mol. The molecule has 5 heterocycles. The largest absolute Gasteiger partial charge is 0.455 e. The normalized spacial score (nSPS) is 13.7. The molecule has 0 bridgehead atoms. The Balaban J connectivity index is 1.04. The summed E-state index contributed by atoms with van der Waals surface area (Å²) < 4.78 is 15.7. The fraction of sp³-hybridized carbons (Fsp3) is 0.175. The van der Waals surface area contributed by atoms with Gasteiger partial charge >= 0.3 is 0 Å². The maximum atomic E-state index is 6.69. The number of nitrogens with zero attached hydrogens (tertiary/aromatic N) is 3. The molecule has 2 aliphatic heterocycles. The zero-order valence-electron chi connectivity index (χ0n) is 51.2. The Bertz CT molecular complexity index is 5110. The van der Waals surface area contributed by atoms with Crippen molar-refractivity contribution in [1.29, 1.82) is 0 Å². The number of aryl methyl sites for hydroxylation is 2. The van der Waals surface area contributed by atoms with Crippen LogP contribution in [0.3, 0.4) is 0 Å². The molecule has 0 saturated heterocycles. The number of anilines is 6. The number of hydrogen-bond acceptors (Lipinski definition) is 4. The van der Waals surface area contributed by atoms with Crippen molar-refractivity contribution in [2.45, 2.75) is 92.4 Å². The zero-order chi connectivity index (χ0) is 59.5. The molecule has 10 aromatic carbocycles. The Morgan fingerprint density at radius 2 is 1.06 bits per heavy atom. The maximum Gasteiger partial charge on any atom is 0.252 e. The summed E-state index contributed by atoms with van der Waals surface area (Å²) in [6.45, 7) is 34.4. The lowest BCUT2D eigenvalue weighted by molar-refractivity contribution is 0.573. The van der Waals surface area contributed by atoms with Gasteiger partial charge in [-0.05, 0) is 170 Å². The van der Waals surface area contributed by atoms with Crippen LogP contribution < -0.4 is 36.8 Å². The molecule has 0 amide bonds. The highest BCUT2D eigenvalue weighted by Crippen LogP contribution is 2.50. The van der Waals surface area contributed by atoms with Gasteiger partial charge in [0.05, 0.1) is 16.7 Å². The molecule has 0 aliphatic carbocycles. The summed E-state index contributed by atoms with van der Waals surface area (Å²) in [5, 5.41) is 6.60. The van der Waals surface area contributed by atoms with E-state index in [1.54, 1.807) is 0 Å². The van der Waals surface area contributed by atoms with Gasteiger partial charge in [0.2, 0.25) is 0 Å². The Kier molecular flexibility index (Phi) is 11.8. The molecular formula is C80H70BN3O2. The van der Waals surface area contributed by atoms with Crippen LogP contribution in [0.25, 0.3) is 83.7 Å². The summed E-state index contributed by atoms with van der Waals surface area (Å²) in [4.78, 5) is 5.20. The van der Waals surface area contributed by atoms with E-state index in [1.807, 2.05) is 24.3 Å².